The largest absolute Gasteiger partial charge is 0.491 e. The molecule has 0 heterocycles. The molecule has 0 saturated heterocycles. The monoisotopic (exact) mass is 685 g/mol. The number of rotatable bonds is 25. The van der Waals surface area contributed by atoms with Crippen LogP contribution in [0.4, 0.5) is 0 Å². The van der Waals surface area contributed by atoms with Crippen LogP contribution in [0.2, 0.25) is 0 Å². The second kappa shape index (κ2) is 21.4. The van der Waals surface area contributed by atoms with Crippen LogP contribution in [0.25, 0.3) is 0 Å². The van der Waals surface area contributed by atoms with E-state index in [0.29, 0.717) is 18.8 Å². The van der Waals surface area contributed by atoms with Gasteiger partial charge in [-0.3, -0.25) is 24.0 Å². The van der Waals surface area contributed by atoms with Gasteiger partial charge in [-0.05, 0) is 30.2 Å². The predicted octanol–water partition coefficient (Wildman–Crippen LogP) is 0.0879. The highest BCUT2D eigenvalue weighted by Crippen LogP contribution is 2.47. The zero-order valence-corrected chi connectivity index (χ0v) is 27.5. The number of para-hydroxylation sites is 1. The molecule has 2 amide bonds. The first-order valence-corrected chi connectivity index (χ1v) is 16.7. The lowest BCUT2D eigenvalue weighted by Crippen LogP contribution is -2.62. The van der Waals surface area contributed by atoms with E-state index in [9.17, 15) is 39.3 Å². The standard InChI is InChI=1S/C31H47N3O12S/c1-19(2)34-16-21(35)17-46-22-8-4-3-6-20(22)7-5-15-47-18-23(36)32-9-11-44-13-14-45-12-10-33-28(37)24-25(29(38)39)27(31(42)43)26(24)30(40)41/h3-4,6,8,19,21,24-27,34-35H,5,7,9-18H2,1-2H3,(H,32,36)(H,33,37)(H,38,39)(H,40,41)(H,42,43). The number of carboxylic acid groups (broad SMARTS) is 3. The van der Waals surface area contributed by atoms with Gasteiger partial charge in [0.2, 0.25) is 11.8 Å². The summed E-state index contributed by atoms with van der Waals surface area (Å²) in [5, 5.41) is 46.2. The number of carboxylic acids is 3. The molecule has 1 saturated carbocycles. The number of hydrogen-bond donors (Lipinski definition) is 7. The fraction of sp³-hybridized carbons (Fsp3) is 0.645. The Balaban J connectivity index is 1.48. The molecular weight excluding hydrogens is 638 g/mol. The first-order valence-electron chi connectivity index (χ1n) is 15.5. The Labute approximate surface area is 278 Å². The molecule has 0 bridgehead atoms. The number of thioether (sulfide) groups is 1. The van der Waals surface area contributed by atoms with Crippen LogP contribution in [0.1, 0.15) is 25.8 Å². The van der Waals surface area contributed by atoms with Gasteiger partial charge in [-0.1, -0.05) is 32.0 Å². The molecule has 7 N–H and O–H groups in total. The summed E-state index contributed by atoms with van der Waals surface area (Å²) >= 11 is 1.53. The Morgan fingerprint density at radius 1 is 0.830 bits per heavy atom. The molecule has 0 spiro atoms. The van der Waals surface area contributed by atoms with Crippen molar-refractivity contribution in [3.05, 3.63) is 29.8 Å². The summed E-state index contributed by atoms with van der Waals surface area (Å²) in [7, 11) is 0. The van der Waals surface area contributed by atoms with Gasteiger partial charge in [0.25, 0.3) is 0 Å². The van der Waals surface area contributed by atoms with Crippen molar-refractivity contribution in [1.29, 1.82) is 0 Å². The number of aliphatic carboxylic acids is 3. The van der Waals surface area contributed by atoms with Gasteiger partial charge in [-0.25, -0.2) is 0 Å². The number of amides is 2. The number of aliphatic hydroxyl groups excluding tert-OH is 1. The van der Waals surface area contributed by atoms with Crippen LogP contribution in [0.15, 0.2) is 24.3 Å². The fourth-order valence-corrected chi connectivity index (χ4v) is 5.77. The molecule has 264 valence electrons. The van der Waals surface area contributed by atoms with E-state index in [1.807, 2.05) is 38.1 Å². The van der Waals surface area contributed by atoms with E-state index in [-0.39, 0.29) is 51.5 Å². The van der Waals surface area contributed by atoms with Crippen LogP contribution >= 0.6 is 11.8 Å². The quantitative estimate of drug-likeness (QED) is 0.0677. The van der Waals surface area contributed by atoms with Crippen LogP contribution in [-0.4, -0.2) is 126 Å². The molecule has 1 aliphatic rings. The summed E-state index contributed by atoms with van der Waals surface area (Å²) in [5.41, 5.74) is 1.06. The van der Waals surface area contributed by atoms with Crippen LogP contribution < -0.4 is 20.7 Å². The predicted molar refractivity (Wildman–Crippen MR) is 171 cm³/mol. The summed E-state index contributed by atoms with van der Waals surface area (Å²) in [6.45, 7) is 5.72. The minimum absolute atomic E-state index is 0.0274. The minimum atomic E-state index is -1.68. The second-order valence-corrected chi connectivity index (χ2v) is 12.4. The Bertz CT molecular complexity index is 1150. The zero-order chi connectivity index (χ0) is 34.8. The number of hydrogen-bond acceptors (Lipinski definition) is 11. The molecule has 0 aliphatic heterocycles. The van der Waals surface area contributed by atoms with E-state index in [1.165, 1.54) is 11.8 Å². The minimum Gasteiger partial charge on any atom is -0.491 e. The van der Waals surface area contributed by atoms with E-state index in [2.05, 4.69) is 16.0 Å². The topological polar surface area (TPSA) is 230 Å². The molecule has 15 nitrogen and oxygen atoms in total. The summed E-state index contributed by atoms with van der Waals surface area (Å²) in [6, 6.07) is 8.02. The summed E-state index contributed by atoms with van der Waals surface area (Å²) < 4.78 is 16.6. The van der Waals surface area contributed by atoms with Crippen molar-refractivity contribution < 1.29 is 58.6 Å². The third-order valence-electron chi connectivity index (χ3n) is 7.33. The van der Waals surface area contributed by atoms with Crippen molar-refractivity contribution in [3.63, 3.8) is 0 Å². The van der Waals surface area contributed by atoms with Gasteiger partial charge < -0.3 is 50.6 Å². The Hall–Kier alpha value is -3.44. The molecule has 0 radical (unpaired) electrons. The molecule has 0 aromatic heterocycles. The zero-order valence-electron chi connectivity index (χ0n) is 26.7. The van der Waals surface area contributed by atoms with Crippen molar-refractivity contribution >= 4 is 41.5 Å². The summed E-state index contributed by atoms with van der Waals surface area (Å²) in [5.74, 6) is -10.2. The number of carbonyl (C=O) groups excluding carboxylic acids is 2. The van der Waals surface area contributed by atoms with Crippen molar-refractivity contribution in [2.75, 3.05) is 64.2 Å². The molecule has 1 aromatic carbocycles. The highest BCUT2D eigenvalue weighted by Gasteiger charge is 2.63. The molecule has 1 fully saturated rings. The SMILES string of the molecule is CC(C)NCC(O)COc1ccccc1CCCSCC(=O)NCCOCCOCCNC(=O)C1C(C(=O)O)C(C(=O)O)C1C(=O)O. The van der Waals surface area contributed by atoms with Crippen molar-refractivity contribution in [3.8, 4) is 5.75 Å². The lowest BCUT2D eigenvalue weighted by Gasteiger charge is -2.43. The number of nitrogens with one attached hydrogen (secondary N) is 3. The van der Waals surface area contributed by atoms with Gasteiger partial charge in [0, 0.05) is 25.7 Å². The molecule has 3 unspecified atom stereocenters. The first kappa shape index (κ1) is 39.7. The average Bonchev–Trinajstić information content (AvgIpc) is 2.99. The lowest BCUT2D eigenvalue weighted by molar-refractivity contribution is -0.187. The maximum atomic E-state index is 12.4. The first-order chi connectivity index (χ1) is 22.4. The maximum absolute atomic E-state index is 12.4. The number of carbonyl (C=O) groups is 5. The molecular formula is C31H47N3O12S. The van der Waals surface area contributed by atoms with Crippen LogP contribution in [0, 0.1) is 23.7 Å². The maximum Gasteiger partial charge on any atom is 0.308 e. The molecule has 1 aliphatic carbocycles. The van der Waals surface area contributed by atoms with E-state index >= 15 is 0 Å². The Kier molecular flexibility index (Phi) is 18.1. The smallest absolute Gasteiger partial charge is 0.308 e. The van der Waals surface area contributed by atoms with Crippen LogP contribution in [0.5, 0.6) is 5.75 Å². The number of aryl methyl sites for hydroxylation is 1. The Morgan fingerprint density at radius 2 is 1.40 bits per heavy atom. The molecule has 47 heavy (non-hydrogen) atoms. The molecule has 2 rings (SSSR count). The van der Waals surface area contributed by atoms with Gasteiger partial charge in [-0.2, -0.15) is 11.8 Å². The third kappa shape index (κ3) is 14.1. The number of aliphatic hydroxyl groups is 1. The van der Waals surface area contributed by atoms with Gasteiger partial charge in [0.15, 0.2) is 0 Å². The van der Waals surface area contributed by atoms with Crippen LogP contribution in [-0.2, 0) is 39.9 Å². The number of ether oxygens (including phenoxy) is 3. The molecule has 16 heteroatoms. The normalized spacial score (nSPS) is 19.4. The van der Waals surface area contributed by atoms with Crippen molar-refractivity contribution in [2.24, 2.45) is 23.7 Å². The highest BCUT2D eigenvalue weighted by molar-refractivity contribution is 7.99. The van der Waals surface area contributed by atoms with E-state index in [4.69, 9.17) is 19.3 Å². The highest BCUT2D eigenvalue weighted by atomic mass is 32.2. The molecule has 1 aromatic rings. The Morgan fingerprint density at radius 3 is 2.00 bits per heavy atom. The average molecular weight is 686 g/mol. The second-order valence-electron chi connectivity index (χ2n) is 11.3. The van der Waals surface area contributed by atoms with Crippen molar-refractivity contribution in [2.45, 2.75) is 38.8 Å². The van der Waals surface area contributed by atoms with E-state index in [1.54, 1.807) is 0 Å². The lowest BCUT2D eigenvalue weighted by atomic mass is 9.56. The summed E-state index contributed by atoms with van der Waals surface area (Å²) in [4.78, 5) is 58.6. The van der Waals surface area contributed by atoms with Gasteiger partial charge >= 0.3 is 17.9 Å². The summed E-state index contributed by atoms with van der Waals surface area (Å²) in [6.07, 6.45) is 1.05. The van der Waals surface area contributed by atoms with Crippen molar-refractivity contribution in [1.82, 2.24) is 16.0 Å². The van der Waals surface area contributed by atoms with Gasteiger partial charge in [-0.15, -0.1) is 0 Å². The van der Waals surface area contributed by atoms with E-state index in [0.717, 1.165) is 29.9 Å². The fourth-order valence-electron chi connectivity index (χ4n) is 4.99. The van der Waals surface area contributed by atoms with Gasteiger partial charge in [0.1, 0.15) is 18.5 Å². The van der Waals surface area contributed by atoms with E-state index < -0.39 is 53.6 Å². The van der Waals surface area contributed by atoms with Gasteiger partial charge in [0.05, 0.1) is 55.9 Å². The number of benzene rings is 1. The molecule has 3 atom stereocenters. The van der Waals surface area contributed by atoms with Crippen LogP contribution in [0.3, 0.4) is 0 Å². The third-order valence-corrected chi connectivity index (χ3v) is 8.37.